The van der Waals surface area contributed by atoms with Crippen molar-refractivity contribution < 1.29 is 4.39 Å². The highest BCUT2D eigenvalue weighted by Crippen LogP contribution is 2.25. The Hall–Kier alpha value is -0.860. The monoisotopic (exact) mass is 227 g/mol. The zero-order valence-corrected chi connectivity index (χ0v) is 9.30. The Morgan fingerprint density at radius 2 is 2.27 bits per heavy atom. The van der Waals surface area contributed by atoms with Crippen LogP contribution in [-0.4, -0.2) is 0 Å². The van der Waals surface area contributed by atoms with Crippen molar-refractivity contribution in [1.29, 1.82) is 0 Å². The summed E-state index contributed by atoms with van der Waals surface area (Å²) in [6, 6.07) is 4.20. The molecule has 0 saturated heterocycles. The highest BCUT2D eigenvalue weighted by Gasteiger charge is 2.10. The first-order valence-electron chi connectivity index (χ1n) is 4.96. The molecule has 1 aromatic rings. The summed E-state index contributed by atoms with van der Waals surface area (Å²) in [6.07, 6.45) is 4.60. The molecule has 82 valence electrons. The molecule has 15 heavy (non-hydrogen) atoms. The van der Waals surface area contributed by atoms with Gasteiger partial charge in [0.15, 0.2) is 0 Å². The van der Waals surface area contributed by atoms with Crippen molar-refractivity contribution >= 4 is 11.6 Å². The van der Waals surface area contributed by atoms with Gasteiger partial charge in [-0.1, -0.05) is 23.7 Å². The predicted molar refractivity (Wildman–Crippen MR) is 62.4 cm³/mol. The lowest BCUT2D eigenvalue weighted by molar-refractivity contribution is 0.607. The van der Waals surface area contributed by atoms with E-state index in [2.05, 4.69) is 6.58 Å². The SMILES string of the molecule is C=CCCCC(N)c1ccc(F)cc1Cl. The van der Waals surface area contributed by atoms with Gasteiger partial charge in [-0.3, -0.25) is 0 Å². The molecule has 0 aliphatic carbocycles. The van der Waals surface area contributed by atoms with Crippen molar-refractivity contribution in [3.63, 3.8) is 0 Å². The van der Waals surface area contributed by atoms with Gasteiger partial charge >= 0.3 is 0 Å². The lowest BCUT2D eigenvalue weighted by Crippen LogP contribution is -2.10. The van der Waals surface area contributed by atoms with Crippen LogP contribution in [0.4, 0.5) is 4.39 Å². The first kappa shape index (κ1) is 12.2. The van der Waals surface area contributed by atoms with E-state index < -0.39 is 0 Å². The number of hydrogen-bond donors (Lipinski definition) is 1. The van der Waals surface area contributed by atoms with Gasteiger partial charge in [0.1, 0.15) is 5.82 Å². The van der Waals surface area contributed by atoms with Crippen LogP contribution >= 0.6 is 11.6 Å². The molecular weight excluding hydrogens is 213 g/mol. The summed E-state index contributed by atoms with van der Waals surface area (Å²) in [5, 5.41) is 0.404. The molecule has 0 spiro atoms. The molecule has 0 aliphatic heterocycles. The second-order valence-electron chi connectivity index (χ2n) is 3.49. The van der Waals surface area contributed by atoms with Gasteiger partial charge < -0.3 is 5.73 Å². The van der Waals surface area contributed by atoms with Crippen LogP contribution in [0.2, 0.25) is 5.02 Å². The molecule has 1 nitrogen and oxygen atoms in total. The van der Waals surface area contributed by atoms with Crippen LogP contribution in [-0.2, 0) is 0 Å². The number of hydrogen-bond acceptors (Lipinski definition) is 1. The van der Waals surface area contributed by atoms with Crippen LogP contribution in [0.5, 0.6) is 0 Å². The Morgan fingerprint density at radius 3 is 2.87 bits per heavy atom. The van der Waals surface area contributed by atoms with Crippen molar-refractivity contribution in [2.45, 2.75) is 25.3 Å². The van der Waals surface area contributed by atoms with E-state index in [0.717, 1.165) is 24.8 Å². The van der Waals surface area contributed by atoms with Gasteiger partial charge in [0, 0.05) is 11.1 Å². The normalized spacial score (nSPS) is 12.5. The summed E-state index contributed by atoms with van der Waals surface area (Å²) >= 11 is 5.90. The molecule has 1 rings (SSSR count). The van der Waals surface area contributed by atoms with Gasteiger partial charge in [0.05, 0.1) is 0 Å². The highest BCUT2D eigenvalue weighted by atomic mass is 35.5. The number of rotatable bonds is 5. The molecule has 0 bridgehead atoms. The molecule has 0 aliphatic rings. The highest BCUT2D eigenvalue weighted by molar-refractivity contribution is 6.31. The molecule has 0 amide bonds. The lowest BCUT2D eigenvalue weighted by atomic mass is 10.0. The summed E-state index contributed by atoms with van der Waals surface area (Å²) in [7, 11) is 0. The van der Waals surface area contributed by atoms with E-state index in [9.17, 15) is 4.39 Å². The van der Waals surface area contributed by atoms with Crippen LogP contribution < -0.4 is 5.73 Å². The lowest BCUT2D eigenvalue weighted by Gasteiger charge is -2.12. The van der Waals surface area contributed by atoms with Crippen molar-refractivity contribution in [3.8, 4) is 0 Å². The Labute approximate surface area is 94.7 Å². The first-order valence-corrected chi connectivity index (χ1v) is 5.34. The summed E-state index contributed by atoms with van der Waals surface area (Å²) in [4.78, 5) is 0. The second-order valence-corrected chi connectivity index (χ2v) is 3.90. The van der Waals surface area contributed by atoms with Crippen molar-refractivity contribution in [3.05, 3.63) is 47.3 Å². The molecule has 3 heteroatoms. The zero-order valence-electron chi connectivity index (χ0n) is 8.55. The van der Waals surface area contributed by atoms with Gasteiger partial charge in [-0.05, 0) is 37.0 Å². The molecule has 0 saturated carbocycles. The Bertz CT molecular complexity index is 338. The van der Waals surface area contributed by atoms with E-state index in [4.69, 9.17) is 17.3 Å². The minimum absolute atomic E-state index is 0.127. The van der Waals surface area contributed by atoms with Crippen LogP contribution in [0.3, 0.4) is 0 Å². The maximum Gasteiger partial charge on any atom is 0.124 e. The molecule has 1 aromatic carbocycles. The summed E-state index contributed by atoms with van der Waals surface area (Å²) in [6.45, 7) is 3.64. The molecule has 0 heterocycles. The molecule has 1 atom stereocenters. The van der Waals surface area contributed by atoms with Gasteiger partial charge in [0.2, 0.25) is 0 Å². The van der Waals surface area contributed by atoms with E-state index in [0.29, 0.717) is 5.02 Å². The molecule has 0 aromatic heterocycles. The van der Waals surface area contributed by atoms with Crippen molar-refractivity contribution in [1.82, 2.24) is 0 Å². The van der Waals surface area contributed by atoms with E-state index in [1.54, 1.807) is 6.07 Å². The van der Waals surface area contributed by atoms with Crippen LogP contribution in [0.15, 0.2) is 30.9 Å². The first-order chi connectivity index (χ1) is 7.15. The molecule has 0 fully saturated rings. The fourth-order valence-electron chi connectivity index (χ4n) is 1.44. The van der Waals surface area contributed by atoms with Crippen molar-refractivity contribution in [2.75, 3.05) is 0 Å². The maximum atomic E-state index is 12.8. The Morgan fingerprint density at radius 1 is 1.53 bits per heavy atom. The largest absolute Gasteiger partial charge is 0.324 e. The topological polar surface area (TPSA) is 26.0 Å². The Balaban J connectivity index is 2.64. The van der Waals surface area contributed by atoms with Gasteiger partial charge in [-0.15, -0.1) is 6.58 Å². The minimum Gasteiger partial charge on any atom is -0.324 e. The smallest absolute Gasteiger partial charge is 0.124 e. The number of nitrogens with two attached hydrogens (primary N) is 1. The quantitative estimate of drug-likeness (QED) is 0.600. The van der Waals surface area contributed by atoms with Crippen LogP contribution in [0.1, 0.15) is 30.9 Å². The van der Waals surface area contributed by atoms with Gasteiger partial charge in [0.25, 0.3) is 0 Å². The third-order valence-electron chi connectivity index (χ3n) is 2.29. The number of unbranched alkanes of at least 4 members (excludes halogenated alkanes) is 1. The third kappa shape index (κ3) is 3.65. The predicted octanol–water partition coefficient (Wildman–Crippen LogP) is 3.84. The van der Waals surface area contributed by atoms with E-state index >= 15 is 0 Å². The maximum absolute atomic E-state index is 12.8. The van der Waals surface area contributed by atoms with Crippen LogP contribution in [0, 0.1) is 5.82 Å². The third-order valence-corrected chi connectivity index (χ3v) is 2.61. The molecular formula is C12H15ClFN. The van der Waals surface area contributed by atoms with Gasteiger partial charge in [-0.2, -0.15) is 0 Å². The summed E-state index contributed by atoms with van der Waals surface area (Å²) < 4.78 is 12.8. The van der Waals surface area contributed by atoms with E-state index in [-0.39, 0.29) is 11.9 Å². The minimum atomic E-state index is -0.331. The van der Waals surface area contributed by atoms with Gasteiger partial charge in [-0.25, -0.2) is 4.39 Å². The number of allylic oxidation sites excluding steroid dienone is 1. The molecule has 0 radical (unpaired) electrons. The van der Waals surface area contributed by atoms with E-state index in [1.807, 2.05) is 6.08 Å². The average Bonchev–Trinajstić information content (AvgIpc) is 2.17. The molecule has 2 N–H and O–H groups in total. The van der Waals surface area contributed by atoms with Crippen LogP contribution in [0.25, 0.3) is 0 Å². The average molecular weight is 228 g/mol. The van der Waals surface area contributed by atoms with Crippen molar-refractivity contribution in [2.24, 2.45) is 5.73 Å². The Kier molecular flexibility index (Phi) is 4.79. The molecule has 1 unspecified atom stereocenters. The summed E-state index contributed by atoms with van der Waals surface area (Å²) in [5.41, 5.74) is 6.75. The standard InChI is InChI=1S/C12H15ClFN/c1-2-3-4-5-12(15)10-7-6-9(14)8-11(10)13/h2,6-8,12H,1,3-5,15H2. The fraction of sp³-hybridized carbons (Fsp3) is 0.333. The van der Waals surface area contributed by atoms with E-state index in [1.165, 1.54) is 12.1 Å². The number of halogens is 2. The fourth-order valence-corrected chi connectivity index (χ4v) is 1.75. The summed E-state index contributed by atoms with van der Waals surface area (Å²) in [5.74, 6) is -0.331. The number of benzene rings is 1. The second kappa shape index (κ2) is 5.89. The zero-order chi connectivity index (χ0) is 11.3.